The molecule has 2 atom stereocenters. The van der Waals surface area contributed by atoms with Crippen LogP contribution in [0.2, 0.25) is 0 Å². The fraction of sp³-hybridized carbons (Fsp3) is 0.875. The van der Waals surface area contributed by atoms with Gasteiger partial charge in [-0.3, -0.25) is 9.59 Å². The Bertz CT molecular complexity index is 372. The van der Waals surface area contributed by atoms with Gasteiger partial charge in [-0.15, -0.1) is 0 Å². The zero-order valence-electron chi connectivity index (χ0n) is 13.6. The molecule has 2 aliphatic rings. The Kier molecular flexibility index (Phi) is 7.52. The highest BCUT2D eigenvalue weighted by atomic mass is 32.2. The molecule has 2 aliphatic heterocycles. The molecule has 6 heteroatoms. The molecule has 5 nitrogen and oxygen atoms in total. The van der Waals surface area contributed by atoms with Gasteiger partial charge in [-0.1, -0.05) is 6.92 Å². The van der Waals surface area contributed by atoms with Crippen LogP contribution in [0.25, 0.3) is 0 Å². The number of piperidine rings is 1. The Morgan fingerprint density at radius 3 is 2.91 bits per heavy atom. The fourth-order valence-electron chi connectivity index (χ4n) is 3.13. The summed E-state index contributed by atoms with van der Waals surface area (Å²) >= 11 is 1.72. The molecule has 0 spiro atoms. The predicted octanol–water partition coefficient (Wildman–Crippen LogP) is 1.24. The molecular formula is C16H29N3O2S. The number of rotatable bonds is 7. The number of carbonyl (C=O) groups is 2. The molecule has 2 amide bonds. The molecular weight excluding hydrogens is 298 g/mol. The van der Waals surface area contributed by atoms with E-state index in [1.54, 1.807) is 11.8 Å². The van der Waals surface area contributed by atoms with Crippen LogP contribution in [0.5, 0.6) is 0 Å². The second-order valence-corrected chi connectivity index (χ2v) is 7.40. The van der Waals surface area contributed by atoms with E-state index in [4.69, 9.17) is 0 Å². The zero-order valence-corrected chi connectivity index (χ0v) is 14.4. The van der Waals surface area contributed by atoms with Crippen LogP contribution in [0.3, 0.4) is 0 Å². The lowest BCUT2D eigenvalue weighted by atomic mass is 9.98. The van der Waals surface area contributed by atoms with E-state index in [2.05, 4.69) is 17.6 Å². The Balaban J connectivity index is 1.68. The van der Waals surface area contributed by atoms with Crippen molar-refractivity contribution in [1.82, 2.24) is 15.5 Å². The Hall–Kier alpha value is -0.750. The molecule has 2 unspecified atom stereocenters. The van der Waals surface area contributed by atoms with Crippen molar-refractivity contribution in [3.8, 4) is 0 Å². The summed E-state index contributed by atoms with van der Waals surface area (Å²) in [5.74, 6) is 2.43. The van der Waals surface area contributed by atoms with E-state index in [1.807, 2.05) is 4.90 Å². The lowest BCUT2D eigenvalue weighted by Gasteiger charge is -2.33. The minimum absolute atomic E-state index is 0.00762. The minimum Gasteiger partial charge on any atom is -0.354 e. The maximum Gasteiger partial charge on any atom is 0.237 e. The average Bonchev–Trinajstić information content (AvgIpc) is 3.07. The highest BCUT2D eigenvalue weighted by Crippen LogP contribution is 2.17. The van der Waals surface area contributed by atoms with Gasteiger partial charge in [0.1, 0.15) is 0 Å². The van der Waals surface area contributed by atoms with E-state index in [0.29, 0.717) is 18.2 Å². The van der Waals surface area contributed by atoms with Gasteiger partial charge in [-0.05, 0) is 50.3 Å². The molecule has 2 saturated heterocycles. The van der Waals surface area contributed by atoms with Crippen molar-refractivity contribution in [2.75, 3.05) is 37.7 Å². The fourth-order valence-corrected chi connectivity index (χ4v) is 3.92. The number of hydrogen-bond acceptors (Lipinski definition) is 4. The van der Waals surface area contributed by atoms with Crippen molar-refractivity contribution >= 4 is 23.6 Å². The van der Waals surface area contributed by atoms with Gasteiger partial charge < -0.3 is 15.5 Å². The lowest BCUT2D eigenvalue weighted by Crippen LogP contribution is -2.47. The zero-order chi connectivity index (χ0) is 15.8. The lowest BCUT2D eigenvalue weighted by molar-refractivity contribution is -0.130. The van der Waals surface area contributed by atoms with Crippen molar-refractivity contribution in [2.45, 2.75) is 45.1 Å². The first-order valence-corrected chi connectivity index (χ1v) is 9.72. The highest BCUT2D eigenvalue weighted by Gasteiger charge is 2.26. The van der Waals surface area contributed by atoms with Gasteiger partial charge in [0.05, 0.1) is 11.8 Å². The van der Waals surface area contributed by atoms with Crippen LogP contribution in [0.4, 0.5) is 0 Å². The molecule has 0 saturated carbocycles. The molecule has 2 rings (SSSR count). The van der Waals surface area contributed by atoms with Crippen LogP contribution in [0, 0.1) is 5.92 Å². The molecule has 0 aromatic heterocycles. The molecule has 0 aliphatic carbocycles. The summed E-state index contributed by atoms with van der Waals surface area (Å²) in [6.07, 6.45) is 5.29. The summed E-state index contributed by atoms with van der Waals surface area (Å²) < 4.78 is 0. The summed E-state index contributed by atoms with van der Waals surface area (Å²) in [5, 5.41) is 6.28. The molecule has 0 aromatic carbocycles. The van der Waals surface area contributed by atoms with Gasteiger partial charge in [0.2, 0.25) is 11.8 Å². The Labute approximate surface area is 138 Å². The quantitative estimate of drug-likeness (QED) is 0.691. The first kappa shape index (κ1) is 17.6. The van der Waals surface area contributed by atoms with E-state index in [-0.39, 0.29) is 17.9 Å². The topological polar surface area (TPSA) is 61.4 Å². The monoisotopic (exact) mass is 327 g/mol. The Morgan fingerprint density at radius 1 is 1.32 bits per heavy atom. The number of amides is 2. The maximum absolute atomic E-state index is 12.2. The first-order chi connectivity index (χ1) is 10.7. The third-order valence-corrected chi connectivity index (χ3v) is 5.54. The number of nitrogens with zero attached hydrogens (tertiary/aromatic N) is 1. The van der Waals surface area contributed by atoms with E-state index in [9.17, 15) is 9.59 Å². The summed E-state index contributed by atoms with van der Waals surface area (Å²) in [6, 6.07) is -0.00762. The number of thioether (sulfide) groups is 1. The van der Waals surface area contributed by atoms with Gasteiger partial charge >= 0.3 is 0 Å². The van der Waals surface area contributed by atoms with Crippen LogP contribution in [-0.2, 0) is 9.59 Å². The average molecular weight is 327 g/mol. The van der Waals surface area contributed by atoms with E-state index < -0.39 is 0 Å². The molecule has 2 heterocycles. The van der Waals surface area contributed by atoms with Crippen molar-refractivity contribution < 1.29 is 9.59 Å². The van der Waals surface area contributed by atoms with Gasteiger partial charge in [-0.25, -0.2) is 0 Å². The van der Waals surface area contributed by atoms with Crippen LogP contribution >= 0.6 is 11.8 Å². The summed E-state index contributed by atoms with van der Waals surface area (Å²) in [6.45, 7) is 5.45. The highest BCUT2D eigenvalue weighted by molar-refractivity contribution is 7.99. The van der Waals surface area contributed by atoms with Crippen LogP contribution in [0.1, 0.15) is 39.0 Å². The standard InChI is InChI=1S/C16H29N3O2S/c1-2-9-22-12-15(20)19-8-4-5-13(11-19)10-18-16(21)14-6-3-7-17-14/h13-14,17H,2-12H2,1H3,(H,18,21). The van der Waals surface area contributed by atoms with E-state index in [0.717, 1.165) is 57.5 Å². The predicted molar refractivity (Wildman–Crippen MR) is 91.0 cm³/mol. The third kappa shape index (κ3) is 5.47. The molecule has 0 aromatic rings. The smallest absolute Gasteiger partial charge is 0.237 e. The summed E-state index contributed by atoms with van der Waals surface area (Å²) in [4.78, 5) is 26.2. The molecule has 0 radical (unpaired) electrons. The largest absolute Gasteiger partial charge is 0.354 e. The van der Waals surface area contributed by atoms with Gasteiger partial charge in [0, 0.05) is 19.6 Å². The second kappa shape index (κ2) is 9.40. The van der Waals surface area contributed by atoms with E-state index in [1.165, 1.54) is 0 Å². The van der Waals surface area contributed by atoms with Crippen LogP contribution < -0.4 is 10.6 Å². The minimum atomic E-state index is -0.00762. The van der Waals surface area contributed by atoms with Crippen molar-refractivity contribution in [3.63, 3.8) is 0 Å². The number of likely N-dealkylation sites (tertiary alicyclic amines) is 1. The number of carbonyl (C=O) groups excluding carboxylic acids is 2. The normalized spacial score (nSPS) is 25.2. The van der Waals surface area contributed by atoms with Crippen LogP contribution in [0.15, 0.2) is 0 Å². The molecule has 126 valence electrons. The van der Waals surface area contributed by atoms with Gasteiger partial charge in [0.25, 0.3) is 0 Å². The first-order valence-electron chi connectivity index (χ1n) is 8.57. The SMILES string of the molecule is CCCSCC(=O)N1CCCC(CNC(=O)C2CCCN2)C1. The molecule has 22 heavy (non-hydrogen) atoms. The van der Waals surface area contributed by atoms with Crippen LogP contribution in [-0.4, -0.2) is 60.4 Å². The third-order valence-electron chi connectivity index (χ3n) is 4.39. The summed E-state index contributed by atoms with van der Waals surface area (Å²) in [7, 11) is 0. The van der Waals surface area contributed by atoms with Crippen molar-refractivity contribution in [1.29, 1.82) is 0 Å². The number of hydrogen-bond donors (Lipinski definition) is 2. The van der Waals surface area contributed by atoms with E-state index >= 15 is 0 Å². The van der Waals surface area contributed by atoms with Gasteiger partial charge in [-0.2, -0.15) is 11.8 Å². The Morgan fingerprint density at radius 2 is 2.18 bits per heavy atom. The molecule has 2 fully saturated rings. The van der Waals surface area contributed by atoms with Gasteiger partial charge in [0.15, 0.2) is 0 Å². The van der Waals surface area contributed by atoms with Crippen molar-refractivity contribution in [3.05, 3.63) is 0 Å². The van der Waals surface area contributed by atoms with Crippen molar-refractivity contribution in [2.24, 2.45) is 5.92 Å². The summed E-state index contributed by atoms with van der Waals surface area (Å²) in [5.41, 5.74) is 0. The number of nitrogens with one attached hydrogen (secondary N) is 2. The molecule has 2 N–H and O–H groups in total. The molecule has 0 bridgehead atoms. The maximum atomic E-state index is 12.2. The second-order valence-electron chi connectivity index (χ2n) is 6.29.